The molecule has 0 heterocycles. The van der Waals surface area contributed by atoms with Crippen LogP contribution in [0.4, 0.5) is 11.4 Å². The zero-order valence-electron chi connectivity index (χ0n) is 29.3. The fraction of sp³-hybridized carbons (Fsp3) is 0.0909. The number of rotatable bonds is 13. The molecule has 0 saturated carbocycles. The van der Waals surface area contributed by atoms with Crippen LogP contribution < -0.4 is 22.1 Å². The van der Waals surface area contributed by atoms with Gasteiger partial charge in [-0.25, -0.2) is 9.59 Å². The van der Waals surface area contributed by atoms with Crippen LogP contribution in [0.15, 0.2) is 146 Å². The second kappa shape index (κ2) is 17.3. The van der Waals surface area contributed by atoms with Crippen LogP contribution in [0.2, 0.25) is 0 Å². The summed E-state index contributed by atoms with van der Waals surface area (Å²) in [6.07, 6.45) is 0. The topological polar surface area (TPSA) is 163 Å². The lowest BCUT2D eigenvalue weighted by Crippen LogP contribution is -2.22. The predicted octanol–water partition coefficient (Wildman–Crippen LogP) is 7.09. The number of anilines is 2. The van der Waals surface area contributed by atoms with E-state index in [0.717, 1.165) is 11.1 Å². The van der Waals surface area contributed by atoms with Gasteiger partial charge < -0.3 is 31.6 Å². The van der Waals surface area contributed by atoms with Gasteiger partial charge in [0.2, 0.25) is 0 Å². The molecule has 0 spiro atoms. The third kappa shape index (κ3) is 9.56. The maximum atomic E-state index is 13.5. The summed E-state index contributed by atoms with van der Waals surface area (Å²) in [6, 6.07) is 42.2. The first-order valence-electron chi connectivity index (χ1n) is 17.2. The third-order valence-corrected chi connectivity index (χ3v) is 8.58. The molecule has 0 saturated heterocycles. The Hall–Kier alpha value is -7.20. The molecule has 6 rings (SSSR count). The van der Waals surface area contributed by atoms with E-state index in [2.05, 4.69) is 10.6 Å². The van der Waals surface area contributed by atoms with Crippen molar-refractivity contribution < 1.29 is 28.7 Å². The second-order valence-electron chi connectivity index (χ2n) is 12.5. The minimum atomic E-state index is -0.661. The standard InChI is InChI=1S/C44H38N4O6/c45-35-19-21-37(39(23-35)43(51)53-27-31-11-15-33(16-12-31)41(49)47-25-29-7-3-1-4-8-29)38-22-20-36(46)24-40(38)44(52)54-28-32-13-17-34(18-14-32)42(50)48-26-30-9-5-2-6-10-30/h1-24H,25-28,45-46H2,(H,47,49)(H,48,50). The van der Waals surface area contributed by atoms with Crippen LogP contribution in [-0.4, -0.2) is 23.8 Å². The van der Waals surface area contributed by atoms with Gasteiger partial charge in [0.1, 0.15) is 13.2 Å². The molecule has 270 valence electrons. The molecule has 2 amide bonds. The Morgan fingerprint density at radius 3 is 1.19 bits per heavy atom. The maximum Gasteiger partial charge on any atom is 0.339 e. The van der Waals surface area contributed by atoms with Crippen molar-refractivity contribution in [2.45, 2.75) is 26.3 Å². The summed E-state index contributed by atoms with van der Waals surface area (Å²) in [5.41, 5.74) is 18.2. The molecular formula is C44H38N4O6. The first kappa shape index (κ1) is 36.6. The number of carbonyl (C=O) groups excluding carboxylic acids is 4. The largest absolute Gasteiger partial charge is 0.457 e. The summed E-state index contributed by atoms with van der Waals surface area (Å²) in [5.74, 6) is -1.76. The smallest absolute Gasteiger partial charge is 0.339 e. The van der Waals surface area contributed by atoms with Gasteiger partial charge in [0.05, 0.1) is 11.1 Å². The average molecular weight is 719 g/mol. The summed E-state index contributed by atoms with van der Waals surface area (Å²) >= 11 is 0. The molecule has 0 fully saturated rings. The third-order valence-electron chi connectivity index (χ3n) is 8.58. The highest BCUT2D eigenvalue weighted by Crippen LogP contribution is 2.32. The van der Waals surface area contributed by atoms with E-state index in [9.17, 15) is 19.2 Å². The molecule has 0 radical (unpaired) electrons. The van der Waals surface area contributed by atoms with Gasteiger partial charge in [0.25, 0.3) is 11.8 Å². The Morgan fingerprint density at radius 2 is 0.815 bits per heavy atom. The molecular weight excluding hydrogens is 681 g/mol. The molecule has 6 aromatic rings. The number of nitrogen functional groups attached to an aromatic ring is 2. The Balaban J connectivity index is 1.09. The van der Waals surface area contributed by atoms with Gasteiger partial charge in [-0.2, -0.15) is 0 Å². The van der Waals surface area contributed by atoms with E-state index in [1.807, 2.05) is 60.7 Å². The summed E-state index contributed by atoms with van der Waals surface area (Å²) in [6.45, 7) is 0.673. The molecule has 0 aliphatic rings. The van der Waals surface area contributed by atoms with E-state index in [-0.39, 0.29) is 36.2 Å². The molecule has 0 unspecified atom stereocenters. The van der Waals surface area contributed by atoms with E-state index in [1.165, 1.54) is 12.1 Å². The molecule has 0 aliphatic heterocycles. The van der Waals surface area contributed by atoms with Crippen LogP contribution in [0.5, 0.6) is 0 Å². The van der Waals surface area contributed by atoms with Crippen molar-refractivity contribution in [1.82, 2.24) is 10.6 Å². The summed E-state index contributed by atoms with van der Waals surface area (Å²) in [4.78, 5) is 52.2. The Labute approximate surface area is 312 Å². The lowest BCUT2D eigenvalue weighted by atomic mass is 9.94. The van der Waals surface area contributed by atoms with Crippen molar-refractivity contribution in [3.8, 4) is 11.1 Å². The number of carbonyl (C=O) groups is 4. The van der Waals surface area contributed by atoms with Gasteiger partial charge in [-0.15, -0.1) is 0 Å². The number of hydrogen-bond acceptors (Lipinski definition) is 8. The zero-order valence-corrected chi connectivity index (χ0v) is 29.3. The number of amides is 2. The van der Waals surface area contributed by atoms with Crippen molar-refractivity contribution in [2.24, 2.45) is 0 Å². The minimum absolute atomic E-state index is 0.0664. The molecule has 6 aromatic carbocycles. The van der Waals surface area contributed by atoms with Crippen LogP contribution in [0.1, 0.15) is 63.7 Å². The van der Waals surface area contributed by atoms with E-state index in [0.29, 0.717) is 57.8 Å². The molecule has 0 aliphatic carbocycles. The van der Waals surface area contributed by atoms with Crippen LogP contribution in [0.3, 0.4) is 0 Å². The van der Waals surface area contributed by atoms with Crippen LogP contribution in [0.25, 0.3) is 11.1 Å². The number of nitrogens with two attached hydrogens (primary N) is 2. The summed E-state index contributed by atoms with van der Waals surface area (Å²) < 4.78 is 11.3. The molecule has 54 heavy (non-hydrogen) atoms. The van der Waals surface area contributed by atoms with E-state index < -0.39 is 11.9 Å². The van der Waals surface area contributed by atoms with Crippen molar-refractivity contribution >= 4 is 35.1 Å². The Bertz CT molecular complexity index is 2100. The van der Waals surface area contributed by atoms with Crippen LogP contribution in [0, 0.1) is 0 Å². The van der Waals surface area contributed by atoms with Crippen LogP contribution >= 0.6 is 0 Å². The molecule has 0 atom stereocenters. The van der Waals surface area contributed by atoms with E-state index >= 15 is 0 Å². The lowest BCUT2D eigenvalue weighted by molar-refractivity contribution is 0.0462. The Kier molecular flexibility index (Phi) is 11.8. The van der Waals surface area contributed by atoms with Gasteiger partial charge in [-0.1, -0.05) is 97.1 Å². The van der Waals surface area contributed by atoms with E-state index in [1.54, 1.807) is 72.8 Å². The average Bonchev–Trinajstić information content (AvgIpc) is 3.21. The monoisotopic (exact) mass is 718 g/mol. The van der Waals surface area contributed by atoms with Gasteiger partial charge >= 0.3 is 11.9 Å². The molecule has 0 aromatic heterocycles. The molecule has 10 heteroatoms. The van der Waals surface area contributed by atoms with Gasteiger partial charge in [-0.3, -0.25) is 9.59 Å². The predicted molar refractivity (Wildman–Crippen MR) is 207 cm³/mol. The maximum absolute atomic E-state index is 13.5. The number of esters is 2. The molecule has 0 bridgehead atoms. The number of hydrogen-bond donors (Lipinski definition) is 4. The zero-order chi connectivity index (χ0) is 37.9. The first-order chi connectivity index (χ1) is 26.2. The minimum Gasteiger partial charge on any atom is -0.457 e. The molecule has 10 nitrogen and oxygen atoms in total. The lowest BCUT2D eigenvalue weighted by Gasteiger charge is -2.15. The first-order valence-corrected chi connectivity index (χ1v) is 17.2. The summed E-state index contributed by atoms with van der Waals surface area (Å²) in [7, 11) is 0. The highest BCUT2D eigenvalue weighted by molar-refractivity contribution is 6.04. The molecule has 6 N–H and O–H groups in total. The SMILES string of the molecule is Nc1ccc(-c2ccc(N)cc2C(=O)OCc2ccc(C(=O)NCc3ccccc3)cc2)c(C(=O)OCc2ccc(C(=O)NCc3ccccc3)cc2)c1. The number of ether oxygens (including phenoxy) is 2. The summed E-state index contributed by atoms with van der Waals surface area (Å²) in [5, 5.41) is 5.78. The van der Waals surface area contributed by atoms with Gasteiger partial charge in [0, 0.05) is 35.6 Å². The number of nitrogens with one attached hydrogen (secondary N) is 2. The normalized spacial score (nSPS) is 10.6. The Morgan fingerprint density at radius 1 is 0.444 bits per heavy atom. The quantitative estimate of drug-likeness (QED) is 0.0727. The number of benzene rings is 6. The highest BCUT2D eigenvalue weighted by Gasteiger charge is 2.22. The fourth-order valence-electron chi connectivity index (χ4n) is 5.65. The van der Waals surface area contributed by atoms with Crippen LogP contribution in [-0.2, 0) is 35.8 Å². The fourth-order valence-corrected chi connectivity index (χ4v) is 5.65. The van der Waals surface area contributed by atoms with Crippen molar-refractivity contribution in [3.63, 3.8) is 0 Å². The van der Waals surface area contributed by atoms with Crippen molar-refractivity contribution in [1.29, 1.82) is 0 Å². The van der Waals surface area contributed by atoms with Crippen molar-refractivity contribution in [3.05, 3.63) is 190 Å². The van der Waals surface area contributed by atoms with Crippen molar-refractivity contribution in [2.75, 3.05) is 11.5 Å². The second-order valence-corrected chi connectivity index (χ2v) is 12.5. The van der Waals surface area contributed by atoms with Gasteiger partial charge in [0.15, 0.2) is 0 Å². The van der Waals surface area contributed by atoms with E-state index in [4.69, 9.17) is 20.9 Å². The highest BCUT2D eigenvalue weighted by atomic mass is 16.5. The van der Waals surface area contributed by atoms with Gasteiger partial charge in [-0.05, 0) is 81.9 Å².